The molecule has 0 unspecified atom stereocenters. The maximum atomic E-state index is 11.9. The number of nitrogens with one attached hydrogen (secondary N) is 1. The lowest BCUT2D eigenvalue weighted by molar-refractivity contribution is -0.141. The van der Waals surface area contributed by atoms with Crippen LogP contribution in [0.4, 0.5) is 0 Å². The summed E-state index contributed by atoms with van der Waals surface area (Å²) in [6.07, 6.45) is 1.73. The van der Waals surface area contributed by atoms with Gasteiger partial charge in [-0.15, -0.1) is 0 Å². The van der Waals surface area contributed by atoms with E-state index in [2.05, 4.69) is 10.4 Å². The van der Waals surface area contributed by atoms with Gasteiger partial charge in [-0.1, -0.05) is 13.8 Å². The maximum absolute atomic E-state index is 11.9. The van der Waals surface area contributed by atoms with Crippen LogP contribution in [-0.2, 0) is 35.9 Å². The Morgan fingerprint density at radius 3 is 2.47 bits per heavy atom. The normalized spacial score (nSPS) is 12.2. The van der Waals surface area contributed by atoms with Crippen molar-refractivity contribution in [3.8, 4) is 0 Å². The quantitative estimate of drug-likeness (QED) is 0.793. The average molecular weight is 267 g/mol. The first-order chi connectivity index (χ1) is 8.90. The molecule has 6 heteroatoms. The smallest absolute Gasteiger partial charge is 0.325 e. The number of hydrogen-bond acceptors (Lipinski definition) is 3. The third-order valence-corrected chi connectivity index (χ3v) is 3.11. The second kappa shape index (κ2) is 6.36. The molecule has 0 fully saturated rings. The number of hydrogen-bond donors (Lipinski definition) is 2. The Balaban J connectivity index is 2.86. The molecule has 0 spiro atoms. The van der Waals surface area contributed by atoms with Crippen molar-refractivity contribution >= 4 is 11.9 Å². The van der Waals surface area contributed by atoms with E-state index >= 15 is 0 Å². The first-order valence-electron chi connectivity index (χ1n) is 6.46. The molecule has 1 heterocycles. The van der Waals surface area contributed by atoms with Gasteiger partial charge in [0.25, 0.3) is 0 Å². The van der Waals surface area contributed by atoms with Crippen LogP contribution >= 0.6 is 0 Å². The van der Waals surface area contributed by atoms with Gasteiger partial charge < -0.3 is 10.4 Å². The standard InChI is InChI=1S/C13H21N3O3/c1-5-10-9(11(6-2)16(4)15-10)7-12(17)14-8(3)13(18)19/h8H,5-7H2,1-4H3,(H,14,17)(H,18,19)/t8-/m1/s1. The number of nitrogens with zero attached hydrogens (tertiary/aromatic N) is 2. The molecule has 0 saturated heterocycles. The van der Waals surface area contributed by atoms with Crippen LogP contribution in [0.15, 0.2) is 0 Å². The largest absolute Gasteiger partial charge is 0.480 e. The molecule has 6 nitrogen and oxygen atoms in total. The molecule has 0 aliphatic heterocycles. The van der Waals surface area contributed by atoms with E-state index in [0.717, 1.165) is 29.8 Å². The highest BCUT2D eigenvalue weighted by molar-refractivity contribution is 5.84. The van der Waals surface area contributed by atoms with Crippen LogP contribution in [0.3, 0.4) is 0 Å². The summed E-state index contributed by atoms with van der Waals surface area (Å²) in [6.45, 7) is 5.45. The second-order valence-electron chi connectivity index (χ2n) is 4.51. The highest BCUT2D eigenvalue weighted by Crippen LogP contribution is 2.16. The predicted molar refractivity (Wildman–Crippen MR) is 70.9 cm³/mol. The summed E-state index contributed by atoms with van der Waals surface area (Å²) in [4.78, 5) is 22.6. The molecule has 1 atom stereocenters. The lowest BCUT2D eigenvalue weighted by Crippen LogP contribution is -2.39. The highest BCUT2D eigenvalue weighted by Gasteiger charge is 2.19. The summed E-state index contributed by atoms with van der Waals surface area (Å²) in [6, 6.07) is -0.876. The summed E-state index contributed by atoms with van der Waals surface area (Å²) in [5.41, 5.74) is 2.84. The van der Waals surface area contributed by atoms with Crippen molar-refractivity contribution in [1.29, 1.82) is 0 Å². The van der Waals surface area contributed by atoms with Crippen molar-refractivity contribution in [2.75, 3.05) is 0 Å². The number of aryl methyl sites for hydroxylation is 2. The average Bonchev–Trinajstić information content (AvgIpc) is 2.64. The van der Waals surface area contributed by atoms with Crippen molar-refractivity contribution < 1.29 is 14.7 Å². The molecule has 0 radical (unpaired) electrons. The van der Waals surface area contributed by atoms with E-state index in [-0.39, 0.29) is 12.3 Å². The van der Waals surface area contributed by atoms with Crippen LogP contribution in [0, 0.1) is 0 Å². The van der Waals surface area contributed by atoms with Crippen molar-refractivity contribution in [2.24, 2.45) is 7.05 Å². The Morgan fingerprint density at radius 1 is 1.37 bits per heavy atom. The molecule has 1 amide bonds. The molecule has 19 heavy (non-hydrogen) atoms. The topological polar surface area (TPSA) is 84.2 Å². The van der Waals surface area contributed by atoms with E-state index in [0.29, 0.717) is 0 Å². The van der Waals surface area contributed by atoms with Crippen LogP contribution in [0.2, 0.25) is 0 Å². The number of aromatic nitrogens is 2. The Bertz CT molecular complexity index is 480. The molecule has 1 rings (SSSR count). The molecular weight excluding hydrogens is 246 g/mol. The van der Waals surface area contributed by atoms with Gasteiger partial charge in [0.15, 0.2) is 0 Å². The number of rotatable bonds is 6. The van der Waals surface area contributed by atoms with Crippen molar-refractivity contribution in [3.05, 3.63) is 17.0 Å². The van der Waals surface area contributed by atoms with E-state index in [9.17, 15) is 9.59 Å². The third kappa shape index (κ3) is 3.56. The van der Waals surface area contributed by atoms with Gasteiger partial charge in [-0.3, -0.25) is 14.3 Å². The van der Waals surface area contributed by atoms with Gasteiger partial charge in [0.2, 0.25) is 5.91 Å². The zero-order chi connectivity index (χ0) is 14.6. The van der Waals surface area contributed by atoms with E-state index in [1.54, 1.807) is 4.68 Å². The minimum absolute atomic E-state index is 0.178. The molecule has 0 aliphatic rings. The Hall–Kier alpha value is -1.85. The van der Waals surface area contributed by atoms with Crippen LogP contribution in [-0.4, -0.2) is 32.8 Å². The van der Waals surface area contributed by atoms with Crippen LogP contribution in [0.1, 0.15) is 37.7 Å². The summed E-state index contributed by atoms with van der Waals surface area (Å²) < 4.78 is 1.79. The maximum Gasteiger partial charge on any atom is 0.325 e. The fraction of sp³-hybridized carbons (Fsp3) is 0.615. The number of carboxylic acid groups (broad SMARTS) is 1. The zero-order valence-corrected chi connectivity index (χ0v) is 11.9. The molecule has 0 aromatic carbocycles. The lowest BCUT2D eigenvalue weighted by atomic mass is 10.1. The molecule has 0 saturated carbocycles. The minimum Gasteiger partial charge on any atom is -0.480 e. The molecule has 0 aliphatic carbocycles. The summed E-state index contributed by atoms with van der Waals surface area (Å²) in [5, 5.41) is 15.6. The number of carbonyl (C=O) groups is 2. The molecule has 2 N–H and O–H groups in total. The monoisotopic (exact) mass is 267 g/mol. The molecular formula is C13H21N3O3. The summed E-state index contributed by atoms with van der Waals surface area (Å²) >= 11 is 0. The second-order valence-corrected chi connectivity index (χ2v) is 4.51. The minimum atomic E-state index is -1.04. The van der Waals surface area contributed by atoms with E-state index in [4.69, 9.17) is 5.11 Å². The van der Waals surface area contributed by atoms with E-state index in [1.807, 2.05) is 20.9 Å². The number of carbonyl (C=O) groups excluding carboxylic acids is 1. The van der Waals surface area contributed by atoms with Gasteiger partial charge in [0, 0.05) is 18.3 Å². The van der Waals surface area contributed by atoms with Gasteiger partial charge in [0.05, 0.1) is 12.1 Å². The fourth-order valence-corrected chi connectivity index (χ4v) is 2.11. The van der Waals surface area contributed by atoms with E-state index < -0.39 is 12.0 Å². The summed E-state index contributed by atoms with van der Waals surface area (Å²) in [5.74, 6) is -1.32. The Labute approximate surface area is 112 Å². The van der Waals surface area contributed by atoms with Gasteiger partial charge in [-0.2, -0.15) is 5.10 Å². The highest BCUT2D eigenvalue weighted by atomic mass is 16.4. The Kier molecular flexibility index (Phi) is 5.09. The number of aliphatic carboxylic acids is 1. The Morgan fingerprint density at radius 2 is 2.00 bits per heavy atom. The first-order valence-corrected chi connectivity index (χ1v) is 6.46. The van der Waals surface area contributed by atoms with Crippen LogP contribution in [0.25, 0.3) is 0 Å². The van der Waals surface area contributed by atoms with Crippen molar-refractivity contribution in [1.82, 2.24) is 15.1 Å². The van der Waals surface area contributed by atoms with Gasteiger partial charge in [-0.05, 0) is 19.8 Å². The summed E-state index contributed by atoms with van der Waals surface area (Å²) in [7, 11) is 1.86. The van der Waals surface area contributed by atoms with Gasteiger partial charge in [-0.25, -0.2) is 0 Å². The SMILES string of the molecule is CCc1nn(C)c(CC)c1CC(=O)N[C@H](C)C(=O)O. The predicted octanol–water partition coefficient (Wildman–Crippen LogP) is 0.677. The van der Waals surface area contributed by atoms with Crippen molar-refractivity contribution in [3.63, 3.8) is 0 Å². The number of carboxylic acids is 1. The van der Waals surface area contributed by atoms with Gasteiger partial charge in [0.1, 0.15) is 6.04 Å². The zero-order valence-electron chi connectivity index (χ0n) is 11.9. The number of amides is 1. The van der Waals surface area contributed by atoms with Gasteiger partial charge >= 0.3 is 5.97 Å². The van der Waals surface area contributed by atoms with Crippen LogP contribution < -0.4 is 5.32 Å². The van der Waals surface area contributed by atoms with Crippen LogP contribution in [0.5, 0.6) is 0 Å². The first kappa shape index (κ1) is 15.2. The molecule has 106 valence electrons. The van der Waals surface area contributed by atoms with Crippen molar-refractivity contribution in [2.45, 2.75) is 46.1 Å². The third-order valence-electron chi connectivity index (χ3n) is 3.11. The molecule has 0 bridgehead atoms. The fourth-order valence-electron chi connectivity index (χ4n) is 2.11. The van der Waals surface area contributed by atoms with E-state index in [1.165, 1.54) is 6.92 Å². The molecule has 1 aromatic heterocycles. The lowest BCUT2D eigenvalue weighted by Gasteiger charge is -2.10. The molecule has 1 aromatic rings.